The lowest BCUT2D eigenvalue weighted by Gasteiger charge is -2.37. The minimum Gasteiger partial charge on any atom is -0.497 e. The van der Waals surface area contributed by atoms with Crippen LogP contribution in [0.4, 0.5) is 0 Å². The summed E-state index contributed by atoms with van der Waals surface area (Å²) in [4.78, 5) is 25.2. The van der Waals surface area contributed by atoms with Crippen molar-refractivity contribution in [1.29, 1.82) is 0 Å². The van der Waals surface area contributed by atoms with Crippen LogP contribution >= 0.6 is 0 Å². The van der Waals surface area contributed by atoms with Gasteiger partial charge in [0.25, 0.3) is 0 Å². The van der Waals surface area contributed by atoms with Crippen LogP contribution < -0.4 is 14.2 Å². The van der Waals surface area contributed by atoms with Gasteiger partial charge in [0, 0.05) is 27.5 Å². The smallest absolute Gasteiger partial charge is 0.347 e. The summed E-state index contributed by atoms with van der Waals surface area (Å²) in [6.07, 6.45) is 3.75. The van der Waals surface area contributed by atoms with E-state index in [1.807, 2.05) is 78.9 Å². The highest BCUT2D eigenvalue weighted by Gasteiger charge is 2.42. The molecule has 0 radical (unpaired) electrons. The van der Waals surface area contributed by atoms with Crippen LogP contribution in [0.2, 0.25) is 0 Å². The molecule has 0 amide bonds. The van der Waals surface area contributed by atoms with Gasteiger partial charge in [0.15, 0.2) is 5.60 Å². The maximum absolute atomic E-state index is 12.7. The molecule has 172 valence electrons. The minimum atomic E-state index is -1.00. The van der Waals surface area contributed by atoms with E-state index in [0.29, 0.717) is 16.7 Å². The molecule has 0 atom stereocenters. The molecule has 4 aromatic rings. The van der Waals surface area contributed by atoms with Crippen LogP contribution in [0.25, 0.3) is 16.8 Å². The molecule has 0 unspecified atom stereocenters. The van der Waals surface area contributed by atoms with Crippen LogP contribution in [0, 0.1) is 0 Å². The van der Waals surface area contributed by atoms with Gasteiger partial charge in [-0.2, -0.15) is 0 Å². The van der Waals surface area contributed by atoms with Crippen LogP contribution in [0.1, 0.15) is 37.4 Å². The van der Waals surface area contributed by atoms with E-state index in [9.17, 15) is 9.59 Å². The lowest BCUT2D eigenvalue weighted by molar-refractivity contribution is 0.0444. The summed E-state index contributed by atoms with van der Waals surface area (Å²) in [7, 11) is 3.24. The van der Waals surface area contributed by atoms with Gasteiger partial charge in [0.2, 0.25) is 0 Å². The van der Waals surface area contributed by atoms with E-state index in [-0.39, 0.29) is 11.1 Å². The first kappa shape index (κ1) is 21.0. The number of methoxy groups -OCH3 is 2. The van der Waals surface area contributed by atoms with E-state index in [1.54, 1.807) is 20.3 Å². The fourth-order valence-corrected chi connectivity index (χ4v) is 4.86. The Bertz CT molecular complexity index is 1480. The molecule has 0 saturated heterocycles. The van der Waals surface area contributed by atoms with Gasteiger partial charge in [-0.3, -0.25) is 0 Å². The van der Waals surface area contributed by atoms with Crippen molar-refractivity contribution in [3.63, 3.8) is 0 Å². The van der Waals surface area contributed by atoms with Gasteiger partial charge >= 0.3 is 11.9 Å². The maximum Gasteiger partial charge on any atom is 0.347 e. The fraction of sp³-hybridized carbons (Fsp3) is 0.103. The summed E-state index contributed by atoms with van der Waals surface area (Å²) >= 11 is 0. The van der Waals surface area contributed by atoms with E-state index in [2.05, 4.69) is 0 Å². The van der Waals surface area contributed by atoms with Gasteiger partial charge < -0.3 is 18.9 Å². The zero-order chi connectivity index (χ0) is 24.2. The largest absolute Gasteiger partial charge is 0.497 e. The number of esters is 2. The molecule has 0 spiro atoms. The van der Waals surface area contributed by atoms with Gasteiger partial charge in [0.1, 0.15) is 17.2 Å². The highest BCUT2D eigenvalue weighted by molar-refractivity contribution is 6.24. The van der Waals surface area contributed by atoms with Crippen molar-refractivity contribution in [3.05, 3.63) is 107 Å². The van der Waals surface area contributed by atoms with Crippen molar-refractivity contribution in [2.45, 2.75) is 5.60 Å². The van der Waals surface area contributed by atoms with Crippen molar-refractivity contribution in [2.24, 2.45) is 0 Å². The molecule has 4 aromatic carbocycles. The number of ether oxygens (including phenoxy) is 4. The first-order chi connectivity index (χ1) is 17.1. The molecule has 0 bridgehead atoms. The molecule has 2 aliphatic heterocycles. The zero-order valence-electron chi connectivity index (χ0n) is 19.0. The molecule has 6 rings (SSSR count). The minimum absolute atomic E-state index is 0.234. The molecule has 35 heavy (non-hydrogen) atoms. The van der Waals surface area contributed by atoms with E-state index in [4.69, 9.17) is 18.9 Å². The Balaban J connectivity index is 1.63. The third-order valence-electron chi connectivity index (χ3n) is 6.58. The quantitative estimate of drug-likeness (QED) is 0.293. The number of rotatable bonds is 4. The van der Waals surface area contributed by atoms with Crippen molar-refractivity contribution < 1.29 is 28.5 Å². The van der Waals surface area contributed by atoms with E-state index >= 15 is 0 Å². The first-order valence-corrected chi connectivity index (χ1v) is 11.1. The summed E-state index contributed by atoms with van der Waals surface area (Å²) in [5.74, 6) is 0.660. The summed E-state index contributed by atoms with van der Waals surface area (Å²) in [6.45, 7) is 0. The second-order valence-corrected chi connectivity index (χ2v) is 8.34. The lowest BCUT2D eigenvalue weighted by Crippen LogP contribution is -2.34. The van der Waals surface area contributed by atoms with Crippen LogP contribution in [0.15, 0.2) is 78.9 Å². The molecule has 2 heterocycles. The fourth-order valence-electron chi connectivity index (χ4n) is 4.86. The van der Waals surface area contributed by atoms with Gasteiger partial charge in [-0.1, -0.05) is 48.5 Å². The summed E-state index contributed by atoms with van der Waals surface area (Å²) < 4.78 is 22.6. The lowest BCUT2D eigenvalue weighted by atomic mass is 9.82. The molecule has 0 aromatic heterocycles. The monoisotopic (exact) mass is 464 g/mol. The normalized spacial score (nSPS) is 15.3. The number of hydrogen-bond donors (Lipinski definition) is 0. The average molecular weight is 464 g/mol. The Morgan fingerprint density at radius 1 is 0.686 bits per heavy atom. The van der Waals surface area contributed by atoms with E-state index in [1.165, 1.54) is 0 Å². The maximum atomic E-state index is 12.7. The number of fused-ring (bicyclic) bond motifs is 6. The number of carbonyl (C=O) groups is 2. The Hall–Kier alpha value is -4.58. The highest BCUT2D eigenvalue weighted by atomic mass is 16.6. The Morgan fingerprint density at radius 2 is 1.23 bits per heavy atom. The second-order valence-electron chi connectivity index (χ2n) is 8.34. The first-order valence-electron chi connectivity index (χ1n) is 11.1. The second kappa shape index (κ2) is 7.74. The Kier molecular flexibility index (Phi) is 4.64. The van der Waals surface area contributed by atoms with Gasteiger partial charge in [-0.25, -0.2) is 9.59 Å². The third-order valence-corrected chi connectivity index (χ3v) is 6.58. The topological polar surface area (TPSA) is 71.1 Å². The number of benzene rings is 4. The van der Waals surface area contributed by atoms with Crippen LogP contribution in [0.3, 0.4) is 0 Å². The molecule has 0 aliphatic carbocycles. The summed E-state index contributed by atoms with van der Waals surface area (Å²) in [5, 5.41) is 1.34. The molecule has 6 nitrogen and oxygen atoms in total. The highest BCUT2D eigenvalue weighted by Crippen LogP contribution is 2.49. The van der Waals surface area contributed by atoms with Crippen molar-refractivity contribution in [3.8, 4) is 17.2 Å². The summed E-state index contributed by atoms with van der Waals surface area (Å²) in [5.41, 5.74) is 1.78. The Labute approximate surface area is 201 Å². The Morgan fingerprint density at radius 3 is 1.80 bits per heavy atom. The number of hydrogen-bond acceptors (Lipinski definition) is 6. The SMILES string of the molecule is COc1ccc(C2(c3ccc(OC)cc3)C=Cc3c4c(c5ccccc5c3O2)C(=O)OC4=O)cc1. The predicted octanol–water partition coefficient (Wildman–Crippen LogP) is 5.52. The molecule has 2 aliphatic rings. The molecule has 6 heteroatoms. The van der Waals surface area contributed by atoms with Crippen molar-refractivity contribution >= 4 is 28.8 Å². The molecule has 0 saturated carbocycles. The number of cyclic esters (lactones) is 2. The molecular weight excluding hydrogens is 444 g/mol. The number of carbonyl (C=O) groups excluding carboxylic acids is 2. The van der Waals surface area contributed by atoms with Crippen molar-refractivity contribution in [1.82, 2.24) is 0 Å². The van der Waals surface area contributed by atoms with Crippen LogP contribution in [-0.2, 0) is 10.3 Å². The van der Waals surface area contributed by atoms with Gasteiger partial charge in [-0.15, -0.1) is 0 Å². The van der Waals surface area contributed by atoms with Gasteiger partial charge in [-0.05, 0) is 36.4 Å². The standard InChI is InChI=1S/C29H20O6/c1-32-19-11-7-17(8-12-19)29(18-9-13-20(33-2)14-10-18)16-15-23-25-24(27(30)34-28(25)31)21-5-3-4-6-22(21)26(23)35-29/h3-16H,1-2H3. The molecule has 0 fully saturated rings. The summed E-state index contributed by atoms with van der Waals surface area (Å²) in [6, 6.07) is 22.7. The predicted molar refractivity (Wildman–Crippen MR) is 130 cm³/mol. The van der Waals surface area contributed by atoms with E-state index < -0.39 is 17.5 Å². The van der Waals surface area contributed by atoms with E-state index in [0.717, 1.165) is 28.0 Å². The average Bonchev–Trinajstić information content (AvgIpc) is 3.22. The molecular formula is C29H20O6. The van der Waals surface area contributed by atoms with Crippen molar-refractivity contribution in [2.75, 3.05) is 14.2 Å². The van der Waals surface area contributed by atoms with Crippen LogP contribution in [0.5, 0.6) is 17.2 Å². The van der Waals surface area contributed by atoms with Gasteiger partial charge in [0.05, 0.1) is 25.3 Å². The third kappa shape index (κ3) is 3.03. The molecule has 0 N–H and O–H groups in total. The van der Waals surface area contributed by atoms with Crippen LogP contribution in [-0.4, -0.2) is 26.2 Å². The zero-order valence-corrected chi connectivity index (χ0v) is 19.0.